The predicted molar refractivity (Wildman–Crippen MR) is 90.0 cm³/mol. The summed E-state index contributed by atoms with van der Waals surface area (Å²) in [6, 6.07) is 5.98. The number of fused-ring (bicyclic) bond motifs is 1. The second-order valence-electron chi connectivity index (χ2n) is 5.71. The van der Waals surface area contributed by atoms with E-state index in [0.29, 0.717) is 18.0 Å². The van der Waals surface area contributed by atoms with E-state index in [2.05, 4.69) is 53.3 Å². The van der Waals surface area contributed by atoms with E-state index in [1.807, 2.05) is 0 Å². The molecule has 0 spiro atoms. The van der Waals surface area contributed by atoms with E-state index in [1.165, 1.54) is 16.1 Å². The van der Waals surface area contributed by atoms with Crippen LogP contribution in [0.1, 0.15) is 45.7 Å². The minimum atomic E-state index is -0.175. The van der Waals surface area contributed by atoms with Gasteiger partial charge in [0, 0.05) is 16.3 Å². The van der Waals surface area contributed by atoms with Gasteiger partial charge in [-0.15, -0.1) is 11.3 Å². The van der Waals surface area contributed by atoms with Crippen molar-refractivity contribution < 1.29 is 4.79 Å². The van der Waals surface area contributed by atoms with Crippen LogP contribution in [0.5, 0.6) is 0 Å². The van der Waals surface area contributed by atoms with Gasteiger partial charge < -0.3 is 5.32 Å². The van der Waals surface area contributed by atoms with Crippen LogP contribution in [-0.2, 0) is 6.42 Å². The Hall–Kier alpha value is -2.28. The quantitative estimate of drug-likeness (QED) is 0.781. The Bertz CT molecular complexity index is 836. The molecule has 3 heterocycles. The molecular formula is C16H19N5OS. The highest BCUT2D eigenvalue weighted by atomic mass is 32.1. The van der Waals surface area contributed by atoms with Crippen LogP contribution in [0.25, 0.3) is 5.78 Å². The zero-order chi connectivity index (χ0) is 16.4. The van der Waals surface area contributed by atoms with E-state index < -0.39 is 0 Å². The summed E-state index contributed by atoms with van der Waals surface area (Å²) in [6.07, 6.45) is 2.28. The van der Waals surface area contributed by atoms with Crippen molar-refractivity contribution in [2.45, 2.75) is 33.1 Å². The molecule has 0 atom stereocenters. The topological polar surface area (TPSA) is 72.2 Å². The van der Waals surface area contributed by atoms with E-state index in [0.717, 1.165) is 12.1 Å². The summed E-state index contributed by atoms with van der Waals surface area (Å²) >= 11 is 1.76. The predicted octanol–water partition coefficient (Wildman–Crippen LogP) is 2.59. The Morgan fingerprint density at radius 3 is 2.91 bits per heavy atom. The molecule has 120 valence electrons. The van der Waals surface area contributed by atoms with E-state index in [9.17, 15) is 4.79 Å². The van der Waals surface area contributed by atoms with Gasteiger partial charge in [-0.1, -0.05) is 13.8 Å². The van der Waals surface area contributed by atoms with Crippen molar-refractivity contribution in [2.24, 2.45) is 0 Å². The van der Waals surface area contributed by atoms with Crippen molar-refractivity contribution in [3.8, 4) is 0 Å². The first-order chi connectivity index (χ1) is 11.0. The van der Waals surface area contributed by atoms with E-state index >= 15 is 0 Å². The number of nitrogens with zero attached hydrogens (tertiary/aromatic N) is 4. The van der Waals surface area contributed by atoms with Crippen LogP contribution in [0.15, 0.2) is 24.5 Å². The van der Waals surface area contributed by atoms with Crippen LogP contribution >= 0.6 is 11.3 Å². The third-order valence-corrected chi connectivity index (χ3v) is 4.62. The molecule has 0 aliphatic carbocycles. The molecule has 1 amide bonds. The SMILES string of the molecule is Cc1ccc(CCNC(=O)c2cc(C(C)C)n3ncnc3n2)s1. The van der Waals surface area contributed by atoms with Gasteiger partial charge in [0.05, 0.1) is 5.69 Å². The lowest BCUT2D eigenvalue weighted by molar-refractivity contribution is 0.0949. The molecule has 3 aromatic rings. The summed E-state index contributed by atoms with van der Waals surface area (Å²) in [5.41, 5.74) is 1.31. The molecule has 23 heavy (non-hydrogen) atoms. The van der Waals surface area contributed by atoms with Gasteiger partial charge in [-0.25, -0.2) is 9.50 Å². The number of carbonyl (C=O) groups is 1. The van der Waals surface area contributed by atoms with Gasteiger partial charge in [-0.3, -0.25) is 4.79 Å². The lowest BCUT2D eigenvalue weighted by atomic mass is 10.1. The maximum atomic E-state index is 12.4. The van der Waals surface area contributed by atoms with Crippen LogP contribution in [-0.4, -0.2) is 32.0 Å². The fraction of sp³-hybridized carbons (Fsp3) is 0.375. The highest BCUT2D eigenvalue weighted by Crippen LogP contribution is 2.16. The number of thiophene rings is 1. The van der Waals surface area contributed by atoms with Crippen LogP contribution in [0.3, 0.4) is 0 Å². The van der Waals surface area contributed by atoms with Crippen LogP contribution < -0.4 is 5.32 Å². The van der Waals surface area contributed by atoms with Crippen molar-refractivity contribution in [2.75, 3.05) is 6.54 Å². The zero-order valence-corrected chi connectivity index (χ0v) is 14.2. The molecule has 0 saturated heterocycles. The molecule has 3 aromatic heterocycles. The summed E-state index contributed by atoms with van der Waals surface area (Å²) < 4.78 is 1.68. The summed E-state index contributed by atoms with van der Waals surface area (Å²) in [5.74, 6) is 0.503. The van der Waals surface area contributed by atoms with Crippen molar-refractivity contribution in [3.63, 3.8) is 0 Å². The van der Waals surface area contributed by atoms with Crippen LogP contribution in [0.2, 0.25) is 0 Å². The molecule has 0 fully saturated rings. The lowest BCUT2D eigenvalue weighted by Gasteiger charge is -2.10. The highest BCUT2D eigenvalue weighted by molar-refractivity contribution is 7.11. The number of aryl methyl sites for hydroxylation is 1. The van der Waals surface area contributed by atoms with E-state index in [1.54, 1.807) is 21.9 Å². The van der Waals surface area contributed by atoms with Gasteiger partial charge in [0.25, 0.3) is 11.7 Å². The number of rotatable bonds is 5. The average Bonchev–Trinajstić information content (AvgIpc) is 3.14. The third-order valence-electron chi connectivity index (χ3n) is 3.56. The molecule has 0 saturated carbocycles. The maximum absolute atomic E-state index is 12.4. The van der Waals surface area contributed by atoms with Crippen molar-refractivity contribution in [1.82, 2.24) is 24.9 Å². The van der Waals surface area contributed by atoms with Crippen molar-refractivity contribution in [1.29, 1.82) is 0 Å². The molecule has 3 rings (SSSR count). The molecule has 0 unspecified atom stereocenters. The van der Waals surface area contributed by atoms with Crippen LogP contribution in [0.4, 0.5) is 0 Å². The molecular weight excluding hydrogens is 310 g/mol. The monoisotopic (exact) mass is 329 g/mol. The average molecular weight is 329 g/mol. The molecule has 0 aromatic carbocycles. The molecule has 0 aliphatic heterocycles. The summed E-state index contributed by atoms with van der Waals surface area (Å²) in [7, 11) is 0. The normalized spacial score (nSPS) is 11.3. The smallest absolute Gasteiger partial charge is 0.270 e. The van der Waals surface area contributed by atoms with Gasteiger partial charge in [-0.05, 0) is 37.5 Å². The zero-order valence-electron chi connectivity index (χ0n) is 13.4. The molecule has 0 bridgehead atoms. The van der Waals surface area contributed by atoms with Crippen LogP contribution in [0, 0.1) is 6.92 Å². The first-order valence-electron chi connectivity index (χ1n) is 7.59. The molecule has 0 aliphatic rings. The van der Waals surface area contributed by atoms with E-state index in [-0.39, 0.29) is 11.8 Å². The first kappa shape index (κ1) is 15.6. The first-order valence-corrected chi connectivity index (χ1v) is 8.40. The van der Waals surface area contributed by atoms with Gasteiger partial charge in [0.2, 0.25) is 0 Å². The number of carbonyl (C=O) groups excluding carboxylic acids is 1. The minimum absolute atomic E-state index is 0.175. The summed E-state index contributed by atoms with van der Waals surface area (Å²) in [6.45, 7) is 6.78. The van der Waals surface area contributed by atoms with Gasteiger partial charge in [0.15, 0.2) is 0 Å². The second kappa shape index (κ2) is 6.45. The largest absolute Gasteiger partial charge is 0.350 e. The van der Waals surface area contributed by atoms with Crippen molar-refractivity contribution in [3.05, 3.63) is 45.7 Å². The fourth-order valence-electron chi connectivity index (χ4n) is 2.37. The number of hydrogen-bond donors (Lipinski definition) is 1. The van der Waals surface area contributed by atoms with Gasteiger partial charge in [-0.2, -0.15) is 10.1 Å². The second-order valence-corrected chi connectivity index (χ2v) is 7.08. The summed E-state index contributed by atoms with van der Waals surface area (Å²) in [5, 5.41) is 7.08. The Labute approximate surface area is 138 Å². The number of amides is 1. The van der Waals surface area contributed by atoms with Gasteiger partial charge in [0.1, 0.15) is 12.0 Å². The Balaban J connectivity index is 1.72. The Morgan fingerprint density at radius 1 is 1.39 bits per heavy atom. The molecule has 6 nitrogen and oxygen atoms in total. The van der Waals surface area contributed by atoms with Crippen molar-refractivity contribution >= 4 is 23.0 Å². The maximum Gasteiger partial charge on any atom is 0.270 e. The number of nitrogens with one attached hydrogen (secondary N) is 1. The fourth-order valence-corrected chi connectivity index (χ4v) is 3.26. The minimum Gasteiger partial charge on any atom is -0.350 e. The van der Waals surface area contributed by atoms with E-state index in [4.69, 9.17) is 0 Å². The summed E-state index contributed by atoms with van der Waals surface area (Å²) in [4.78, 5) is 23.3. The molecule has 0 radical (unpaired) electrons. The third kappa shape index (κ3) is 3.39. The standard InChI is InChI=1S/C16H19N5OS/c1-10(2)14-8-13(20-16-18-9-19-21(14)16)15(22)17-7-6-12-5-4-11(3)23-12/h4-5,8-10H,6-7H2,1-3H3,(H,17,22). The Morgan fingerprint density at radius 2 is 2.22 bits per heavy atom. The number of aromatic nitrogens is 4. The van der Waals surface area contributed by atoms with Gasteiger partial charge >= 0.3 is 0 Å². The molecule has 7 heteroatoms. The lowest BCUT2D eigenvalue weighted by Crippen LogP contribution is -2.27. The Kier molecular flexibility index (Phi) is 4.38. The number of hydrogen-bond acceptors (Lipinski definition) is 5. The highest BCUT2D eigenvalue weighted by Gasteiger charge is 2.15. The molecule has 1 N–H and O–H groups in total.